The average Bonchev–Trinajstić information content (AvgIpc) is 2.59. The fourth-order valence-electron chi connectivity index (χ4n) is 1.96. The number of nitrogens with two attached hydrogens (primary N) is 1. The van der Waals surface area contributed by atoms with Crippen LogP contribution in [0, 0.1) is 17.0 Å². The Bertz CT molecular complexity index is 805. The van der Waals surface area contributed by atoms with Gasteiger partial charge in [-0.2, -0.15) is 0 Å². The molecule has 1 amide bonds. The first-order valence-electron chi connectivity index (χ1n) is 7.29. The van der Waals surface area contributed by atoms with Crippen LogP contribution in [-0.4, -0.2) is 22.6 Å². The molecule has 0 unspecified atom stereocenters. The van der Waals surface area contributed by atoms with E-state index in [2.05, 4.69) is 0 Å². The van der Waals surface area contributed by atoms with E-state index in [-0.39, 0.29) is 28.5 Å². The van der Waals surface area contributed by atoms with Gasteiger partial charge in [-0.25, -0.2) is 0 Å². The molecule has 0 aliphatic rings. The standard InChI is InChI=1S/C17H16N2O5S/c1-11-2-4-12(5-3-11)9-24-16(20)10-25-15-7-6-13(17(18)21)8-14(15)19(22)23/h2-8H,9-10H2,1H3,(H2,18,21). The zero-order chi connectivity index (χ0) is 18.4. The van der Waals surface area contributed by atoms with Crippen molar-refractivity contribution in [2.75, 3.05) is 5.75 Å². The second-order valence-electron chi connectivity index (χ2n) is 5.24. The van der Waals surface area contributed by atoms with Crippen molar-refractivity contribution in [3.63, 3.8) is 0 Å². The first-order valence-corrected chi connectivity index (χ1v) is 8.27. The molecule has 0 saturated heterocycles. The lowest BCUT2D eigenvalue weighted by Crippen LogP contribution is -2.11. The minimum atomic E-state index is -0.753. The number of ether oxygens (including phenoxy) is 1. The van der Waals surface area contributed by atoms with Gasteiger partial charge in [-0.3, -0.25) is 19.7 Å². The van der Waals surface area contributed by atoms with Crippen LogP contribution in [-0.2, 0) is 16.1 Å². The summed E-state index contributed by atoms with van der Waals surface area (Å²) in [7, 11) is 0. The molecular formula is C17H16N2O5S. The highest BCUT2D eigenvalue weighted by atomic mass is 32.2. The van der Waals surface area contributed by atoms with Gasteiger partial charge >= 0.3 is 5.97 Å². The van der Waals surface area contributed by atoms with E-state index >= 15 is 0 Å². The molecular weight excluding hydrogens is 344 g/mol. The van der Waals surface area contributed by atoms with Gasteiger partial charge in [0.2, 0.25) is 5.91 Å². The second kappa shape index (κ2) is 8.29. The fourth-order valence-corrected chi connectivity index (χ4v) is 2.76. The van der Waals surface area contributed by atoms with Crippen LogP contribution in [0.2, 0.25) is 0 Å². The molecule has 7 nitrogen and oxygen atoms in total. The smallest absolute Gasteiger partial charge is 0.316 e. The summed E-state index contributed by atoms with van der Waals surface area (Å²) in [5, 5.41) is 11.1. The van der Waals surface area contributed by atoms with Gasteiger partial charge in [0.1, 0.15) is 6.61 Å². The van der Waals surface area contributed by atoms with Crippen LogP contribution in [0.1, 0.15) is 21.5 Å². The number of hydrogen-bond donors (Lipinski definition) is 1. The molecule has 2 rings (SSSR count). The van der Waals surface area contributed by atoms with Crippen LogP contribution in [0.3, 0.4) is 0 Å². The predicted molar refractivity (Wildman–Crippen MR) is 93.3 cm³/mol. The molecule has 0 fully saturated rings. The van der Waals surface area contributed by atoms with Crippen molar-refractivity contribution in [3.8, 4) is 0 Å². The quantitative estimate of drug-likeness (QED) is 0.352. The Morgan fingerprint density at radius 3 is 2.48 bits per heavy atom. The minimum absolute atomic E-state index is 0.0398. The Hall–Kier alpha value is -2.87. The summed E-state index contributed by atoms with van der Waals surface area (Å²) < 4.78 is 5.15. The Morgan fingerprint density at radius 1 is 1.20 bits per heavy atom. The molecule has 2 aromatic rings. The number of rotatable bonds is 7. The molecule has 0 radical (unpaired) electrons. The Balaban J connectivity index is 1.95. The molecule has 0 bridgehead atoms. The number of nitrogens with zero attached hydrogens (tertiary/aromatic N) is 1. The number of hydrogen-bond acceptors (Lipinski definition) is 6. The van der Waals surface area contributed by atoms with Gasteiger partial charge in [0, 0.05) is 11.6 Å². The van der Waals surface area contributed by atoms with Gasteiger partial charge < -0.3 is 10.5 Å². The molecule has 25 heavy (non-hydrogen) atoms. The average molecular weight is 360 g/mol. The number of aryl methyl sites for hydroxylation is 1. The highest BCUT2D eigenvalue weighted by Crippen LogP contribution is 2.30. The van der Waals surface area contributed by atoms with E-state index in [0.717, 1.165) is 29.0 Å². The molecule has 0 spiro atoms. The first kappa shape index (κ1) is 18.5. The third-order valence-electron chi connectivity index (χ3n) is 3.31. The lowest BCUT2D eigenvalue weighted by Gasteiger charge is -2.06. The van der Waals surface area contributed by atoms with Gasteiger partial charge in [-0.05, 0) is 24.6 Å². The van der Waals surface area contributed by atoms with Crippen LogP contribution in [0.25, 0.3) is 0 Å². The summed E-state index contributed by atoms with van der Waals surface area (Å²) >= 11 is 0.973. The minimum Gasteiger partial charge on any atom is -0.460 e. The summed E-state index contributed by atoms with van der Waals surface area (Å²) in [4.78, 5) is 33.7. The number of nitro benzene ring substituents is 1. The van der Waals surface area contributed by atoms with E-state index in [0.29, 0.717) is 0 Å². The number of nitro groups is 1. The summed E-state index contributed by atoms with van der Waals surface area (Å²) in [5.74, 6) is -1.32. The van der Waals surface area contributed by atoms with Gasteiger partial charge in [0.05, 0.1) is 15.6 Å². The number of esters is 1. The lowest BCUT2D eigenvalue weighted by atomic mass is 10.2. The number of thioether (sulfide) groups is 1. The van der Waals surface area contributed by atoms with Gasteiger partial charge in [-0.15, -0.1) is 11.8 Å². The number of primary amides is 1. The highest BCUT2D eigenvalue weighted by Gasteiger charge is 2.18. The van der Waals surface area contributed by atoms with Crippen LogP contribution >= 0.6 is 11.8 Å². The number of benzene rings is 2. The SMILES string of the molecule is Cc1ccc(COC(=O)CSc2ccc(C(N)=O)cc2[N+](=O)[O-])cc1. The lowest BCUT2D eigenvalue weighted by molar-refractivity contribution is -0.387. The third-order valence-corrected chi connectivity index (χ3v) is 4.34. The number of carbonyl (C=O) groups is 2. The molecule has 8 heteroatoms. The molecule has 0 heterocycles. The zero-order valence-electron chi connectivity index (χ0n) is 13.4. The maximum atomic E-state index is 11.8. The van der Waals surface area contributed by atoms with E-state index in [9.17, 15) is 19.7 Å². The Labute approximate surface area is 148 Å². The summed E-state index contributed by atoms with van der Waals surface area (Å²) in [6, 6.07) is 11.4. The molecule has 2 N–H and O–H groups in total. The van der Waals surface area contributed by atoms with Crippen molar-refractivity contribution in [2.24, 2.45) is 5.73 Å². The molecule has 0 saturated carbocycles. The predicted octanol–water partition coefficient (Wildman–Crippen LogP) is 2.84. The van der Waals surface area contributed by atoms with Crippen LogP contribution in [0.4, 0.5) is 5.69 Å². The monoisotopic (exact) mass is 360 g/mol. The largest absolute Gasteiger partial charge is 0.460 e. The van der Waals surface area contributed by atoms with E-state index in [4.69, 9.17) is 10.5 Å². The molecule has 0 aliphatic carbocycles. The van der Waals surface area contributed by atoms with E-state index in [1.54, 1.807) is 0 Å². The van der Waals surface area contributed by atoms with Gasteiger partial charge in [0.25, 0.3) is 5.69 Å². The maximum Gasteiger partial charge on any atom is 0.316 e. The van der Waals surface area contributed by atoms with Crippen molar-refractivity contribution in [3.05, 3.63) is 69.3 Å². The molecule has 0 aliphatic heterocycles. The van der Waals surface area contributed by atoms with Crippen molar-refractivity contribution in [1.82, 2.24) is 0 Å². The van der Waals surface area contributed by atoms with Crippen molar-refractivity contribution < 1.29 is 19.2 Å². The van der Waals surface area contributed by atoms with E-state index in [1.165, 1.54) is 12.1 Å². The number of amides is 1. The summed E-state index contributed by atoms with van der Waals surface area (Å²) in [6.45, 7) is 2.10. The number of carbonyl (C=O) groups excluding carboxylic acids is 2. The normalized spacial score (nSPS) is 10.3. The van der Waals surface area contributed by atoms with E-state index < -0.39 is 16.8 Å². The van der Waals surface area contributed by atoms with Crippen molar-refractivity contribution >= 4 is 29.3 Å². The van der Waals surface area contributed by atoms with Crippen LogP contribution < -0.4 is 5.73 Å². The summed E-state index contributed by atoms with van der Waals surface area (Å²) in [5.41, 5.74) is 6.86. The maximum absolute atomic E-state index is 11.8. The van der Waals surface area contributed by atoms with Crippen molar-refractivity contribution in [1.29, 1.82) is 0 Å². The molecule has 2 aromatic carbocycles. The second-order valence-corrected chi connectivity index (χ2v) is 6.26. The van der Waals surface area contributed by atoms with E-state index in [1.807, 2.05) is 31.2 Å². The third kappa shape index (κ3) is 5.32. The highest BCUT2D eigenvalue weighted by molar-refractivity contribution is 8.00. The van der Waals surface area contributed by atoms with Crippen LogP contribution in [0.15, 0.2) is 47.4 Å². The first-order chi connectivity index (χ1) is 11.9. The Kier molecular flexibility index (Phi) is 6.13. The zero-order valence-corrected chi connectivity index (χ0v) is 14.2. The van der Waals surface area contributed by atoms with Crippen LogP contribution in [0.5, 0.6) is 0 Å². The Morgan fingerprint density at radius 2 is 1.88 bits per heavy atom. The molecule has 130 valence electrons. The van der Waals surface area contributed by atoms with Gasteiger partial charge in [-0.1, -0.05) is 29.8 Å². The fraction of sp³-hybridized carbons (Fsp3) is 0.176. The molecule has 0 atom stereocenters. The topological polar surface area (TPSA) is 113 Å². The van der Waals surface area contributed by atoms with Gasteiger partial charge in [0.15, 0.2) is 0 Å². The van der Waals surface area contributed by atoms with Crippen molar-refractivity contribution in [2.45, 2.75) is 18.4 Å². The summed E-state index contributed by atoms with van der Waals surface area (Å²) in [6.07, 6.45) is 0. The molecule has 0 aromatic heterocycles.